The van der Waals surface area contributed by atoms with Crippen LogP contribution in [0, 0.1) is 5.41 Å². The maximum atomic E-state index is 13.1. The lowest BCUT2D eigenvalue weighted by Crippen LogP contribution is -2.47. The first kappa shape index (κ1) is 29.9. The van der Waals surface area contributed by atoms with Gasteiger partial charge in [0.05, 0.1) is 12.0 Å². The van der Waals surface area contributed by atoms with Crippen LogP contribution in [0.4, 0.5) is 0 Å². The second kappa shape index (κ2) is 14.3. The van der Waals surface area contributed by atoms with Crippen LogP contribution in [0.15, 0.2) is 24.3 Å². The average Bonchev–Trinajstić information content (AvgIpc) is 2.76. The average molecular weight is 497 g/mol. The standard InChI is InChI=1S/C25H40N2O6S/c1-18(29)32-16-22(33-19(2)30)20-9-7-10-21(15-20)25(5,23(31)27-26-6)12-8-11-24(3,4)17-34-14-13-28/h7,9-10,15,22,26,28H,8,11-14,16-17H2,1-6H3,(H,27,31). The van der Waals surface area contributed by atoms with Crippen molar-refractivity contribution < 1.29 is 29.0 Å². The van der Waals surface area contributed by atoms with Crippen molar-refractivity contribution in [2.45, 2.75) is 65.4 Å². The van der Waals surface area contributed by atoms with E-state index >= 15 is 0 Å². The lowest BCUT2D eigenvalue weighted by molar-refractivity contribution is -0.156. The van der Waals surface area contributed by atoms with Crippen molar-refractivity contribution >= 4 is 29.6 Å². The molecule has 0 heterocycles. The Morgan fingerprint density at radius 1 is 1.12 bits per heavy atom. The van der Waals surface area contributed by atoms with Gasteiger partial charge in [0, 0.05) is 26.6 Å². The summed E-state index contributed by atoms with van der Waals surface area (Å²) in [6.45, 7) is 8.96. The zero-order valence-corrected chi connectivity index (χ0v) is 22.0. The van der Waals surface area contributed by atoms with Crippen molar-refractivity contribution in [1.29, 1.82) is 0 Å². The van der Waals surface area contributed by atoms with E-state index in [0.717, 1.165) is 29.9 Å². The van der Waals surface area contributed by atoms with Crippen molar-refractivity contribution in [2.75, 3.05) is 31.8 Å². The molecule has 0 aliphatic heterocycles. The summed E-state index contributed by atoms with van der Waals surface area (Å²) in [7, 11) is 1.64. The van der Waals surface area contributed by atoms with E-state index in [-0.39, 0.29) is 24.5 Å². The van der Waals surface area contributed by atoms with Gasteiger partial charge in [-0.2, -0.15) is 11.8 Å². The van der Waals surface area contributed by atoms with Crippen molar-refractivity contribution in [3.8, 4) is 0 Å². The molecule has 0 spiro atoms. The van der Waals surface area contributed by atoms with Crippen molar-refractivity contribution in [3.05, 3.63) is 35.4 Å². The molecule has 34 heavy (non-hydrogen) atoms. The Morgan fingerprint density at radius 2 is 1.82 bits per heavy atom. The van der Waals surface area contributed by atoms with Gasteiger partial charge >= 0.3 is 11.9 Å². The quantitative estimate of drug-likeness (QED) is 0.193. The van der Waals surface area contributed by atoms with Gasteiger partial charge in [-0.25, -0.2) is 5.43 Å². The molecule has 0 aliphatic carbocycles. The number of amides is 1. The lowest BCUT2D eigenvalue weighted by atomic mass is 9.75. The summed E-state index contributed by atoms with van der Waals surface area (Å²) in [5.74, 6) is 0.535. The van der Waals surface area contributed by atoms with Gasteiger partial charge in [0.15, 0.2) is 6.10 Å². The minimum absolute atomic E-state index is 0.0759. The van der Waals surface area contributed by atoms with E-state index in [9.17, 15) is 14.4 Å². The normalized spacial score (nSPS) is 14.1. The molecule has 2 unspecified atom stereocenters. The number of esters is 2. The fraction of sp³-hybridized carbons (Fsp3) is 0.640. The number of aliphatic hydroxyl groups excluding tert-OH is 1. The SMILES string of the molecule is CNNC(=O)C(C)(CCCC(C)(C)CSCCO)c1cccc(C(COC(C)=O)OC(C)=O)c1. The van der Waals surface area contributed by atoms with Gasteiger partial charge < -0.3 is 14.6 Å². The number of hydrazine groups is 1. The van der Waals surface area contributed by atoms with Gasteiger partial charge in [-0.15, -0.1) is 0 Å². The number of aliphatic hydroxyl groups is 1. The maximum absolute atomic E-state index is 13.1. The molecule has 8 nitrogen and oxygen atoms in total. The van der Waals surface area contributed by atoms with Crippen LogP contribution in [-0.2, 0) is 29.3 Å². The van der Waals surface area contributed by atoms with Crippen LogP contribution < -0.4 is 10.9 Å². The van der Waals surface area contributed by atoms with Crippen LogP contribution in [0.3, 0.4) is 0 Å². The van der Waals surface area contributed by atoms with Gasteiger partial charge in [0.25, 0.3) is 0 Å². The highest BCUT2D eigenvalue weighted by molar-refractivity contribution is 7.99. The first-order chi connectivity index (χ1) is 15.9. The van der Waals surface area contributed by atoms with Crippen LogP contribution in [0.2, 0.25) is 0 Å². The first-order valence-corrected chi connectivity index (χ1v) is 12.7. The third-order valence-electron chi connectivity index (χ3n) is 5.64. The number of thioether (sulfide) groups is 1. The van der Waals surface area contributed by atoms with Crippen molar-refractivity contribution in [2.24, 2.45) is 5.41 Å². The molecule has 192 valence electrons. The minimum Gasteiger partial charge on any atom is -0.462 e. The zero-order valence-electron chi connectivity index (χ0n) is 21.2. The molecule has 1 rings (SSSR count). The summed E-state index contributed by atoms with van der Waals surface area (Å²) >= 11 is 1.73. The van der Waals surface area contributed by atoms with E-state index < -0.39 is 23.5 Å². The number of nitrogens with one attached hydrogen (secondary N) is 2. The Kier molecular flexibility index (Phi) is 12.6. The maximum Gasteiger partial charge on any atom is 0.303 e. The Hall–Kier alpha value is -2.10. The third-order valence-corrected chi connectivity index (χ3v) is 7.10. The summed E-state index contributed by atoms with van der Waals surface area (Å²) < 4.78 is 10.5. The number of hydrogen-bond donors (Lipinski definition) is 3. The number of carbonyl (C=O) groups excluding carboxylic acids is 3. The molecule has 1 aromatic rings. The molecule has 1 aromatic carbocycles. The number of carbonyl (C=O) groups is 3. The Balaban J connectivity index is 3.15. The topological polar surface area (TPSA) is 114 Å². The van der Waals surface area contributed by atoms with E-state index in [1.165, 1.54) is 13.8 Å². The van der Waals surface area contributed by atoms with Crippen LogP contribution in [0.1, 0.15) is 71.1 Å². The molecule has 0 aliphatic rings. The molecule has 0 bridgehead atoms. The molecule has 0 saturated heterocycles. The molecule has 2 atom stereocenters. The highest BCUT2D eigenvalue weighted by atomic mass is 32.2. The highest BCUT2D eigenvalue weighted by Crippen LogP contribution is 2.35. The second-order valence-corrected chi connectivity index (χ2v) is 10.5. The van der Waals surface area contributed by atoms with Crippen LogP contribution in [-0.4, -0.2) is 54.7 Å². The van der Waals surface area contributed by atoms with E-state index in [2.05, 4.69) is 24.7 Å². The number of ether oxygens (including phenoxy) is 2. The van der Waals surface area contributed by atoms with Gasteiger partial charge in [-0.3, -0.25) is 19.8 Å². The van der Waals surface area contributed by atoms with Gasteiger partial charge in [0.2, 0.25) is 5.91 Å². The van der Waals surface area contributed by atoms with E-state index in [1.807, 2.05) is 25.1 Å². The largest absolute Gasteiger partial charge is 0.462 e. The van der Waals surface area contributed by atoms with E-state index in [0.29, 0.717) is 12.0 Å². The van der Waals surface area contributed by atoms with Crippen molar-refractivity contribution in [1.82, 2.24) is 10.9 Å². The molecule has 0 aromatic heterocycles. The number of benzene rings is 1. The lowest BCUT2D eigenvalue weighted by Gasteiger charge is -2.32. The monoisotopic (exact) mass is 496 g/mol. The van der Waals surface area contributed by atoms with E-state index in [4.69, 9.17) is 14.6 Å². The van der Waals surface area contributed by atoms with Crippen LogP contribution >= 0.6 is 11.8 Å². The molecule has 0 saturated carbocycles. The molecule has 9 heteroatoms. The van der Waals surface area contributed by atoms with Crippen LogP contribution in [0.25, 0.3) is 0 Å². The Labute approximate surface area is 207 Å². The number of hydrogen-bond acceptors (Lipinski definition) is 8. The summed E-state index contributed by atoms with van der Waals surface area (Å²) in [6, 6.07) is 7.33. The number of rotatable bonds is 15. The Bertz CT molecular complexity index is 816. The van der Waals surface area contributed by atoms with Crippen LogP contribution in [0.5, 0.6) is 0 Å². The molecule has 0 radical (unpaired) electrons. The zero-order chi connectivity index (χ0) is 25.8. The minimum atomic E-state index is -0.838. The molecule has 3 N–H and O–H groups in total. The highest BCUT2D eigenvalue weighted by Gasteiger charge is 2.36. The summed E-state index contributed by atoms with van der Waals surface area (Å²) in [6.07, 6.45) is 1.60. The second-order valence-electron chi connectivity index (χ2n) is 9.36. The van der Waals surface area contributed by atoms with Gasteiger partial charge in [0.1, 0.15) is 6.61 Å². The fourth-order valence-electron chi connectivity index (χ4n) is 3.72. The van der Waals surface area contributed by atoms with Crippen molar-refractivity contribution in [3.63, 3.8) is 0 Å². The first-order valence-electron chi connectivity index (χ1n) is 11.5. The summed E-state index contributed by atoms with van der Waals surface area (Å²) in [5.41, 5.74) is 6.12. The smallest absolute Gasteiger partial charge is 0.303 e. The van der Waals surface area contributed by atoms with E-state index in [1.54, 1.807) is 24.9 Å². The predicted octanol–water partition coefficient (Wildman–Crippen LogP) is 3.28. The molecule has 0 fully saturated rings. The fourth-order valence-corrected chi connectivity index (χ4v) is 4.69. The third kappa shape index (κ3) is 10.0. The molecule has 1 amide bonds. The Morgan fingerprint density at radius 3 is 2.41 bits per heavy atom. The van der Waals surface area contributed by atoms with Gasteiger partial charge in [-0.05, 0) is 42.1 Å². The predicted molar refractivity (Wildman–Crippen MR) is 134 cm³/mol. The molecular formula is C25H40N2O6S. The molecular weight excluding hydrogens is 456 g/mol. The summed E-state index contributed by atoms with van der Waals surface area (Å²) in [4.78, 5) is 36.1. The summed E-state index contributed by atoms with van der Waals surface area (Å²) in [5, 5.41) is 9.03. The van der Waals surface area contributed by atoms with Gasteiger partial charge in [-0.1, -0.05) is 44.5 Å².